The number of piperidine rings is 1. The summed E-state index contributed by atoms with van der Waals surface area (Å²) in [5.41, 5.74) is 7.62. The average Bonchev–Trinajstić information content (AvgIpc) is 3.11. The summed E-state index contributed by atoms with van der Waals surface area (Å²) in [6, 6.07) is 7.05. The largest absolute Gasteiger partial charge is 0.341 e. The van der Waals surface area contributed by atoms with Crippen LogP contribution in [0.3, 0.4) is 0 Å². The maximum atomic E-state index is 13.0. The Morgan fingerprint density at radius 3 is 2.72 bits per heavy atom. The third-order valence-electron chi connectivity index (χ3n) is 5.62. The summed E-state index contributed by atoms with van der Waals surface area (Å²) in [4.78, 5) is 14.9. The van der Waals surface area contributed by atoms with Crippen molar-refractivity contribution in [3.8, 4) is 0 Å². The van der Waals surface area contributed by atoms with Gasteiger partial charge in [0.25, 0.3) is 0 Å². The van der Waals surface area contributed by atoms with Crippen LogP contribution in [0.5, 0.6) is 0 Å². The Balaban J connectivity index is 1.49. The van der Waals surface area contributed by atoms with E-state index >= 15 is 0 Å². The molecule has 2 aliphatic heterocycles. The lowest BCUT2D eigenvalue weighted by atomic mass is 9.91. The molecule has 0 aromatic heterocycles. The predicted molar refractivity (Wildman–Crippen MR) is 97.3 cm³/mol. The highest BCUT2D eigenvalue weighted by atomic mass is 19.1. The van der Waals surface area contributed by atoms with Crippen LogP contribution in [0.2, 0.25) is 0 Å². The molecular formula is C20H30FN3O. The van der Waals surface area contributed by atoms with Crippen molar-refractivity contribution in [1.82, 2.24) is 15.8 Å². The third kappa shape index (κ3) is 4.79. The van der Waals surface area contributed by atoms with Crippen LogP contribution in [-0.2, 0) is 11.2 Å². The number of carbonyl (C=O) groups is 1. The van der Waals surface area contributed by atoms with Crippen LogP contribution in [0.25, 0.3) is 0 Å². The van der Waals surface area contributed by atoms with E-state index in [1.807, 2.05) is 17.0 Å². The van der Waals surface area contributed by atoms with E-state index in [4.69, 9.17) is 0 Å². The number of amides is 1. The van der Waals surface area contributed by atoms with Crippen LogP contribution in [0, 0.1) is 17.7 Å². The van der Waals surface area contributed by atoms with Crippen molar-refractivity contribution in [3.63, 3.8) is 0 Å². The predicted octanol–water partition coefficient (Wildman–Crippen LogP) is 2.89. The molecule has 2 saturated heterocycles. The van der Waals surface area contributed by atoms with E-state index in [2.05, 4.69) is 24.7 Å². The molecule has 1 amide bonds. The fourth-order valence-electron chi connectivity index (χ4n) is 3.92. The van der Waals surface area contributed by atoms with Gasteiger partial charge in [0.1, 0.15) is 11.9 Å². The summed E-state index contributed by atoms with van der Waals surface area (Å²) in [5, 5.41) is 0. The molecule has 0 aliphatic carbocycles. The first kappa shape index (κ1) is 18.3. The Morgan fingerprint density at radius 1 is 1.28 bits per heavy atom. The van der Waals surface area contributed by atoms with Gasteiger partial charge in [-0.15, -0.1) is 0 Å². The maximum absolute atomic E-state index is 13.0. The first-order chi connectivity index (χ1) is 12.0. The lowest BCUT2D eigenvalue weighted by molar-refractivity contribution is -0.135. The quantitative estimate of drug-likeness (QED) is 0.861. The molecule has 2 aliphatic rings. The van der Waals surface area contributed by atoms with Crippen LogP contribution < -0.4 is 10.9 Å². The number of likely N-dealkylation sites (tertiary alicyclic amines) is 1. The number of nitrogens with zero attached hydrogens (tertiary/aromatic N) is 1. The van der Waals surface area contributed by atoms with E-state index in [9.17, 15) is 9.18 Å². The molecule has 0 saturated carbocycles. The number of halogens is 1. The number of nitrogens with one attached hydrogen (secondary N) is 2. The van der Waals surface area contributed by atoms with Crippen LogP contribution >= 0.6 is 0 Å². The van der Waals surface area contributed by atoms with Crippen LogP contribution in [-0.4, -0.2) is 36.0 Å². The molecule has 2 fully saturated rings. The molecule has 0 spiro atoms. The Labute approximate surface area is 150 Å². The van der Waals surface area contributed by atoms with E-state index in [0.29, 0.717) is 17.9 Å². The molecule has 3 atom stereocenters. The van der Waals surface area contributed by atoms with Gasteiger partial charge in [0.05, 0.1) is 0 Å². The number of hydrogen-bond acceptors (Lipinski definition) is 3. The first-order valence-electron chi connectivity index (χ1n) is 9.57. The highest BCUT2D eigenvalue weighted by molar-refractivity contribution is 5.82. The summed E-state index contributed by atoms with van der Waals surface area (Å²) in [6.45, 7) is 6.08. The lowest BCUT2D eigenvalue weighted by Crippen LogP contribution is -2.49. The second kappa shape index (κ2) is 8.28. The zero-order chi connectivity index (χ0) is 17.8. The van der Waals surface area contributed by atoms with Crippen molar-refractivity contribution >= 4 is 5.91 Å². The van der Waals surface area contributed by atoms with Gasteiger partial charge in [-0.3, -0.25) is 10.2 Å². The van der Waals surface area contributed by atoms with Gasteiger partial charge in [-0.25, -0.2) is 9.82 Å². The molecule has 2 N–H and O–H groups in total. The van der Waals surface area contributed by atoms with Gasteiger partial charge in [-0.2, -0.15) is 0 Å². The van der Waals surface area contributed by atoms with Crippen molar-refractivity contribution in [2.75, 3.05) is 13.1 Å². The Hall–Kier alpha value is -1.46. The molecule has 3 rings (SSSR count). The zero-order valence-corrected chi connectivity index (χ0v) is 15.3. The molecule has 3 unspecified atom stereocenters. The minimum atomic E-state index is -0.185. The monoisotopic (exact) mass is 347 g/mol. The molecule has 138 valence electrons. The van der Waals surface area contributed by atoms with Crippen LogP contribution in [0.1, 0.15) is 45.1 Å². The third-order valence-corrected chi connectivity index (χ3v) is 5.62. The number of rotatable bonds is 5. The topological polar surface area (TPSA) is 44.4 Å². The van der Waals surface area contributed by atoms with E-state index in [-0.39, 0.29) is 17.8 Å². The molecule has 4 nitrogen and oxygen atoms in total. The number of aryl methyl sites for hydroxylation is 1. The number of carbonyl (C=O) groups excluding carboxylic acids is 1. The van der Waals surface area contributed by atoms with Crippen LogP contribution in [0.4, 0.5) is 4.39 Å². The molecular weight excluding hydrogens is 317 g/mol. The van der Waals surface area contributed by atoms with Gasteiger partial charge in [-0.05, 0) is 61.6 Å². The van der Waals surface area contributed by atoms with Gasteiger partial charge in [-0.1, -0.05) is 26.0 Å². The Bertz CT molecular complexity index is 575. The fraction of sp³-hybridized carbons (Fsp3) is 0.650. The maximum Gasteiger partial charge on any atom is 0.241 e. The van der Waals surface area contributed by atoms with E-state index in [1.54, 1.807) is 0 Å². The molecule has 1 aromatic rings. The van der Waals surface area contributed by atoms with E-state index in [1.165, 1.54) is 24.1 Å². The van der Waals surface area contributed by atoms with Gasteiger partial charge in [0.15, 0.2) is 0 Å². The van der Waals surface area contributed by atoms with Crippen molar-refractivity contribution in [2.24, 2.45) is 11.8 Å². The molecule has 5 heteroatoms. The van der Waals surface area contributed by atoms with Crippen molar-refractivity contribution < 1.29 is 9.18 Å². The molecule has 25 heavy (non-hydrogen) atoms. The first-order valence-corrected chi connectivity index (χ1v) is 9.57. The van der Waals surface area contributed by atoms with Crippen molar-refractivity contribution in [2.45, 2.75) is 58.0 Å². The van der Waals surface area contributed by atoms with Crippen molar-refractivity contribution in [1.29, 1.82) is 0 Å². The summed E-state index contributed by atoms with van der Waals surface area (Å²) < 4.78 is 13.0. The summed E-state index contributed by atoms with van der Waals surface area (Å²) in [5.74, 6) is 1.12. The fourth-order valence-corrected chi connectivity index (χ4v) is 3.92. The zero-order valence-electron chi connectivity index (χ0n) is 15.3. The highest BCUT2D eigenvalue weighted by Crippen LogP contribution is 2.24. The summed E-state index contributed by atoms with van der Waals surface area (Å²) in [7, 11) is 0. The van der Waals surface area contributed by atoms with Gasteiger partial charge >= 0.3 is 0 Å². The summed E-state index contributed by atoms with van der Waals surface area (Å²) in [6.07, 6.45) is 5.13. The molecule has 1 aromatic carbocycles. The standard InChI is InChI=1S/C20H30FN3O/c1-14(2)18-12-19(23-22-18)20(25)24-11-3-4-16(13-24)6-5-15-7-9-17(21)10-8-15/h7-10,14,16,18-19,22-23H,3-6,11-13H2,1-2H3. The molecule has 0 radical (unpaired) electrons. The van der Waals surface area contributed by atoms with E-state index < -0.39 is 0 Å². The Morgan fingerprint density at radius 2 is 2.04 bits per heavy atom. The normalized spacial score (nSPS) is 27.0. The smallest absolute Gasteiger partial charge is 0.241 e. The van der Waals surface area contributed by atoms with Gasteiger partial charge in [0.2, 0.25) is 5.91 Å². The summed E-state index contributed by atoms with van der Waals surface area (Å²) >= 11 is 0. The lowest BCUT2D eigenvalue weighted by Gasteiger charge is -2.34. The number of hydrazine groups is 1. The number of hydrogen-bond donors (Lipinski definition) is 2. The minimum Gasteiger partial charge on any atom is -0.341 e. The second-order valence-corrected chi connectivity index (χ2v) is 7.89. The SMILES string of the molecule is CC(C)C1CC(C(=O)N2CCCC(CCc3ccc(F)cc3)C2)NN1. The second-order valence-electron chi connectivity index (χ2n) is 7.89. The molecule has 0 bridgehead atoms. The minimum absolute atomic E-state index is 0.0942. The molecule has 2 heterocycles. The number of benzene rings is 1. The van der Waals surface area contributed by atoms with Gasteiger partial charge < -0.3 is 4.90 Å². The van der Waals surface area contributed by atoms with Gasteiger partial charge in [0, 0.05) is 19.1 Å². The van der Waals surface area contributed by atoms with E-state index in [0.717, 1.165) is 38.8 Å². The average molecular weight is 347 g/mol. The Kier molecular flexibility index (Phi) is 6.07. The van der Waals surface area contributed by atoms with Crippen molar-refractivity contribution in [3.05, 3.63) is 35.6 Å². The highest BCUT2D eigenvalue weighted by Gasteiger charge is 2.34. The van der Waals surface area contributed by atoms with Crippen LogP contribution in [0.15, 0.2) is 24.3 Å².